The molecule has 1 saturated carbocycles. The van der Waals surface area contributed by atoms with Crippen LogP contribution in [0.1, 0.15) is 44.1 Å². The molecule has 18 heavy (non-hydrogen) atoms. The van der Waals surface area contributed by atoms with Crippen molar-refractivity contribution in [3.05, 3.63) is 29.8 Å². The summed E-state index contributed by atoms with van der Waals surface area (Å²) in [6.45, 7) is 0. The predicted molar refractivity (Wildman–Crippen MR) is 71.8 cm³/mol. The van der Waals surface area contributed by atoms with Crippen LogP contribution < -0.4 is 4.74 Å². The van der Waals surface area contributed by atoms with Crippen molar-refractivity contribution in [3.8, 4) is 5.75 Å². The van der Waals surface area contributed by atoms with Crippen molar-refractivity contribution in [2.75, 3.05) is 0 Å². The lowest BCUT2D eigenvalue weighted by Gasteiger charge is -2.19. The SMILES string of the molecule is OC(CCC1Cc2ccccc2O1)C1CCCC1. The summed E-state index contributed by atoms with van der Waals surface area (Å²) in [5.74, 6) is 1.59. The zero-order valence-electron chi connectivity index (χ0n) is 10.8. The fraction of sp³-hybridized carbons (Fsp3) is 0.625. The first-order chi connectivity index (χ1) is 8.83. The average molecular weight is 246 g/mol. The average Bonchev–Trinajstić information content (AvgIpc) is 3.04. The highest BCUT2D eigenvalue weighted by atomic mass is 16.5. The summed E-state index contributed by atoms with van der Waals surface area (Å²) in [6, 6.07) is 8.28. The van der Waals surface area contributed by atoms with Gasteiger partial charge in [-0.1, -0.05) is 31.0 Å². The van der Waals surface area contributed by atoms with Crippen molar-refractivity contribution in [1.29, 1.82) is 0 Å². The van der Waals surface area contributed by atoms with Gasteiger partial charge in [-0.25, -0.2) is 0 Å². The van der Waals surface area contributed by atoms with Gasteiger partial charge in [0.15, 0.2) is 0 Å². The van der Waals surface area contributed by atoms with E-state index in [-0.39, 0.29) is 12.2 Å². The van der Waals surface area contributed by atoms with E-state index in [1.165, 1.54) is 31.2 Å². The Bertz CT molecular complexity index is 371. The number of ether oxygens (including phenoxy) is 1. The van der Waals surface area contributed by atoms with Gasteiger partial charge in [0.2, 0.25) is 0 Å². The van der Waals surface area contributed by atoms with Crippen LogP contribution in [0.2, 0.25) is 0 Å². The topological polar surface area (TPSA) is 29.5 Å². The zero-order valence-corrected chi connectivity index (χ0v) is 10.8. The maximum absolute atomic E-state index is 10.2. The number of aliphatic hydroxyl groups excluding tert-OH is 1. The lowest BCUT2D eigenvalue weighted by molar-refractivity contribution is 0.0852. The molecular weight excluding hydrogens is 224 g/mol. The van der Waals surface area contributed by atoms with E-state index in [2.05, 4.69) is 12.1 Å². The van der Waals surface area contributed by atoms with E-state index >= 15 is 0 Å². The second-order valence-electron chi connectivity index (χ2n) is 5.74. The van der Waals surface area contributed by atoms with E-state index in [1.807, 2.05) is 12.1 Å². The number of para-hydroxylation sites is 1. The summed E-state index contributed by atoms with van der Waals surface area (Å²) in [7, 11) is 0. The molecule has 0 aromatic heterocycles. The molecule has 3 rings (SSSR count). The molecule has 2 aliphatic rings. The second kappa shape index (κ2) is 5.31. The highest BCUT2D eigenvalue weighted by Gasteiger charge is 2.26. The van der Waals surface area contributed by atoms with Crippen LogP contribution in [0.5, 0.6) is 5.75 Å². The van der Waals surface area contributed by atoms with E-state index in [9.17, 15) is 5.11 Å². The molecule has 1 fully saturated rings. The Balaban J connectivity index is 1.48. The molecule has 1 aliphatic carbocycles. The van der Waals surface area contributed by atoms with Gasteiger partial charge in [0, 0.05) is 6.42 Å². The van der Waals surface area contributed by atoms with Crippen LogP contribution in [0.4, 0.5) is 0 Å². The van der Waals surface area contributed by atoms with Gasteiger partial charge in [0.05, 0.1) is 6.10 Å². The van der Waals surface area contributed by atoms with Crippen LogP contribution in [0, 0.1) is 5.92 Å². The van der Waals surface area contributed by atoms with Gasteiger partial charge >= 0.3 is 0 Å². The van der Waals surface area contributed by atoms with Gasteiger partial charge < -0.3 is 9.84 Å². The number of hydrogen-bond donors (Lipinski definition) is 1. The molecule has 0 amide bonds. The quantitative estimate of drug-likeness (QED) is 0.883. The Hall–Kier alpha value is -1.02. The standard InChI is InChI=1S/C16H22O2/c17-15(12-5-1-2-6-12)10-9-14-11-13-7-3-4-8-16(13)18-14/h3-4,7-8,12,14-15,17H,1-2,5-6,9-11H2. The Labute approximate surface area is 109 Å². The van der Waals surface area contributed by atoms with Crippen LogP contribution in [0.15, 0.2) is 24.3 Å². The first-order valence-corrected chi connectivity index (χ1v) is 7.25. The first-order valence-electron chi connectivity index (χ1n) is 7.25. The summed E-state index contributed by atoms with van der Waals surface area (Å²) in [5.41, 5.74) is 1.32. The van der Waals surface area contributed by atoms with Crippen LogP contribution in [-0.4, -0.2) is 17.3 Å². The Morgan fingerprint density at radius 3 is 2.78 bits per heavy atom. The van der Waals surface area contributed by atoms with Crippen molar-refractivity contribution in [2.45, 2.75) is 57.2 Å². The van der Waals surface area contributed by atoms with Gasteiger partial charge in [0.25, 0.3) is 0 Å². The third-order valence-corrected chi connectivity index (χ3v) is 4.44. The van der Waals surface area contributed by atoms with E-state index in [0.717, 1.165) is 25.0 Å². The molecule has 0 bridgehead atoms. The van der Waals surface area contributed by atoms with Crippen molar-refractivity contribution in [2.24, 2.45) is 5.92 Å². The molecule has 1 aromatic carbocycles. The molecule has 1 aromatic rings. The predicted octanol–water partition coefficient (Wildman–Crippen LogP) is 3.32. The minimum Gasteiger partial charge on any atom is -0.490 e. The molecule has 1 heterocycles. The molecule has 2 nitrogen and oxygen atoms in total. The molecule has 2 atom stereocenters. The van der Waals surface area contributed by atoms with Crippen LogP contribution in [0.25, 0.3) is 0 Å². The molecule has 1 aliphatic heterocycles. The lowest BCUT2D eigenvalue weighted by Crippen LogP contribution is -2.22. The zero-order chi connectivity index (χ0) is 12.4. The first kappa shape index (κ1) is 12.0. The number of aliphatic hydroxyl groups is 1. The van der Waals surface area contributed by atoms with E-state index in [0.29, 0.717) is 5.92 Å². The van der Waals surface area contributed by atoms with Gasteiger partial charge in [-0.15, -0.1) is 0 Å². The Kier molecular flexibility index (Phi) is 3.55. The monoisotopic (exact) mass is 246 g/mol. The fourth-order valence-corrected chi connectivity index (χ4v) is 3.35. The van der Waals surface area contributed by atoms with Crippen LogP contribution in [0.3, 0.4) is 0 Å². The molecule has 0 saturated heterocycles. The highest BCUT2D eigenvalue weighted by Crippen LogP contribution is 2.33. The lowest BCUT2D eigenvalue weighted by atomic mass is 9.95. The van der Waals surface area contributed by atoms with Gasteiger partial charge in [-0.2, -0.15) is 0 Å². The number of rotatable bonds is 4. The minimum absolute atomic E-state index is 0.111. The van der Waals surface area contributed by atoms with Crippen molar-refractivity contribution in [1.82, 2.24) is 0 Å². The second-order valence-corrected chi connectivity index (χ2v) is 5.74. The number of fused-ring (bicyclic) bond motifs is 1. The molecule has 2 unspecified atom stereocenters. The molecule has 1 N–H and O–H groups in total. The minimum atomic E-state index is -0.111. The summed E-state index contributed by atoms with van der Waals surface area (Å²) in [5, 5.41) is 10.2. The maximum atomic E-state index is 10.2. The Morgan fingerprint density at radius 1 is 1.22 bits per heavy atom. The maximum Gasteiger partial charge on any atom is 0.123 e. The van der Waals surface area contributed by atoms with E-state index < -0.39 is 0 Å². The van der Waals surface area contributed by atoms with Crippen LogP contribution >= 0.6 is 0 Å². The largest absolute Gasteiger partial charge is 0.490 e. The third-order valence-electron chi connectivity index (χ3n) is 4.44. The van der Waals surface area contributed by atoms with Crippen LogP contribution in [-0.2, 0) is 6.42 Å². The van der Waals surface area contributed by atoms with Gasteiger partial charge in [-0.05, 0) is 43.2 Å². The van der Waals surface area contributed by atoms with E-state index in [1.54, 1.807) is 0 Å². The molecule has 0 spiro atoms. The fourth-order valence-electron chi connectivity index (χ4n) is 3.35. The highest BCUT2D eigenvalue weighted by molar-refractivity contribution is 5.37. The molecular formula is C16H22O2. The van der Waals surface area contributed by atoms with Crippen molar-refractivity contribution < 1.29 is 9.84 Å². The Morgan fingerprint density at radius 2 is 2.00 bits per heavy atom. The molecule has 98 valence electrons. The molecule has 0 radical (unpaired) electrons. The summed E-state index contributed by atoms with van der Waals surface area (Å²) < 4.78 is 5.91. The molecule has 2 heteroatoms. The van der Waals surface area contributed by atoms with E-state index in [4.69, 9.17) is 4.74 Å². The number of benzene rings is 1. The van der Waals surface area contributed by atoms with Gasteiger partial charge in [-0.3, -0.25) is 0 Å². The van der Waals surface area contributed by atoms with Crippen molar-refractivity contribution >= 4 is 0 Å². The smallest absolute Gasteiger partial charge is 0.123 e. The van der Waals surface area contributed by atoms with Gasteiger partial charge in [0.1, 0.15) is 11.9 Å². The third kappa shape index (κ3) is 2.54. The summed E-state index contributed by atoms with van der Waals surface area (Å²) >= 11 is 0. The summed E-state index contributed by atoms with van der Waals surface area (Å²) in [4.78, 5) is 0. The summed E-state index contributed by atoms with van der Waals surface area (Å²) in [6.07, 6.45) is 8.07. The number of hydrogen-bond acceptors (Lipinski definition) is 2. The van der Waals surface area contributed by atoms with Crippen molar-refractivity contribution in [3.63, 3.8) is 0 Å². The normalized spacial score (nSPS) is 24.8.